The Bertz CT molecular complexity index is 1470. The average Bonchev–Trinajstić information content (AvgIpc) is 3.24. The number of amides is 1. The van der Waals surface area contributed by atoms with Crippen LogP contribution in [0, 0.1) is 11.3 Å². The summed E-state index contributed by atoms with van der Waals surface area (Å²) in [6.45, 7) is 1.26. The van der Waals surface area contributed by atoms with E-state index in [9.17, 15) is 9.59 Å². The molecule has 2 aromatic heterocycles. The molecule has 0 fully saturated rings. The van der Waals surface area contributed by atoms with Crippen molar-refractivity contribution in [1.29, 1.82) is 5.26 Å². The first kappa shape index (κ1) is 24.6. The van der Waals surface area contributed by atoms with Crippen molar-refractivity contribution in [3.63, 3.8) is 0 Å². The Morgan fingerprint density at radius 3 is 2.58 bits per heavy atom. The van der Waals surface area contributed by atoms with Gasteiger partial charge in [-0.05, 0) is 29.3 Å². The maximum Gasteiger partial charge on any atom is 0.256 e. The SMILES string of the molecule is N#Cc1ccc(Cl)cc1OCCNC(=O)c1cn(Cc2ccc(Cn3ccccc3=O)cc2)nc1N. The Balaban J connectivity index is 1.31. The molecular formula is C26H23ClN6O3. The summed E-state index contributed by atoms with van der Waals surface area (Å²) in [5.74, 6) is 0.0983. The molecule has 0 spiro atoms. The van der Waals surface area contributed by atoms with Crippen LogP contribution in [0.4, 0.5) is 5.82 Å². The molecule has 9 nitrogen and oxygen atoms in total. The van der Waals surface area contributed by atoms with Crippen LogP contribution >= 0.6 is 11.6 Å². The van der Waals surface area contributed by atoms with Gasteiger partial charge in [0.1, 0.15) is 24.0 Å². The Kier molecular flexibility index (Phi) is 7.68. The van der Waals surface area contributed by atoms with Gasteiger partial charge < -0.3 is 20.4 Å². The lowest BCUT2D eigenvalue weighted by atomic mass is 10.1. The van der Waals surface area contributed by atoms with Gasteiger partial charge in [0.2, 0.25) is 0 Å². The summed E-state index contributed by atoms with van der Waals surface area (Å²) < 4.78 is 8.81. The number of carbonyl (C=O) groups is 1. The third-order valence-electron chi connectivity index (χ3n) is 5.36. The molecule has 4 aromatic rings. The van der Waals surface area contributed by atoms with Crippen LogP contribution in [-0.2, 0) is 13.1 Å². The molecule has 0 aliphatic rings. The van der Waals surface area contributed by atoms with E-state index in [1.54, 1.807) is 45.9 Å². The molecule has 2 aromatic carbocycles. The van der Waals surface area contributed by atoms with E-state index in [1.807, 2.05) is 36.4 Å². The molecule has 0 radical (unpaired) electrons. The molecule has 0 aliphatic heterocycles. The number of anilines is 1. The second-order valence-electron chi connectivity index (χ2n) is 7.97. The Labute approximate surface area is 212 Å². The van der Waals surface area contributed by atoms with E-state index >= 15 is 0 Å². The Hall–Kier alpha value is -4.55. The van der Waals surface area contributed by atoms with Gasteiger partial charge in [-0.25, -0.2) is 0 Å². The first-order valence-electron chi connectivity index (χ1n) is 11.1. The summed E-state index contributed by atoms with van der Waals surface area (Å²) in [7, 11) is 0. The van der Waals surface area contributed by atoms with Gasteiger partial charge >= 0.3 is 0 Å². The minimum Gasteiger partial charge on any atom is -0.490 e. The third kappa shape index (κ3) is 6.11. The molecule has 0 unspecified atom stereocenters. The number of rotatable bonds is 9. The zero-order valence-corrected chi connectivity index (χ0v) is 20.0. The zero-order valence-electron chi connectivity index (χ0n) is 19.2. The van der Waals surface area contributed by atoms with Crippen molar-refractivity contribution in [3.05, 3.63) is 111 Å². The number of nitrogens with two attached hydrogens (primary N) is 1. The first-order chi connectivity index (χ1) is 17.4. The van der Waals surface area contributed by atoms with E-state index in [-0.39, 0.29) is 36.0 Å². The highest BCUT2D eigenvalue weighted by Crippen LogP contribution is 2.22. The summed E-state index contributed by atoms with van der Waals surface area (Å²) >= 11 is 5.95. The minimum absolute atomic E-state index is 0.0534. The van der Waals surface area contributed by atoms with Crippen molar-refractivity contribution in [1.82, 2.24) is 19.7 Å². The summed E-state index contributed by atoms with van der Waals surface area (Å²) in [5.41, 5.74) is 8.49. The monoisotopic (exact) mass is 502 g/mol. The zero-order chi connectivity index (χ0) is 25.5. The van der Waals surface area contributed by atoms with Crippen LogP contribution in [0.5, 0.6) is 5.75 Å². The van der Waals surface area contributed by atoms with Crippen molar-refractivity contribution in [2.75, 3.05) is 18.9 Å². The topological polar surface area (TPSA) is 128 Å². The smallest absolute Gasteiger partial charge is 0.256 e. The Morgan fingerprint density at radius 2 is 1.86 bits per heavy atom. The van der Waals surface area contributed by atoms with E-state index < -0.39 is 0 Å². The van der Waals surface area contributed by atoms with Gasteiger partial charge in [-0.2, -0.15) is 10.4 Å². The molecule has 0 atom stereocenters. The fourth-order valence-electron chi connectivity index (χ4n) is 3.55. The molecule has 182 valence electrons. The van der Waals surface area contributed by atoms with E-state index in [0.717, 1.165) is 11.1 Å². The molecule has 0 saturated heterocycles. The van der Waals surface area contributed by atoms with Crippen molar-refractivity contribution in [2.24, 2.45) is 0 Å². The molecule has 10 heteroatoms. The summed E-state index contributed by atoms with van der Waals surface area (Å²) in [6, 6.07) is 19.6. The van der Waals surface area contributed by atoms with Crippen LogP contribution in [0.2, 0.25) is 5.02 Å². The van der Waals surface area contributed by atoms with Crippen molar-refractivity contribution in [2.45, 2.75) is 13.1 Å². The highest BCUT2D eigenvalue weighted by atomic mass is 35.5. The highest BCUT2D eigenvalue weighted by Gasteiger charge is 2.14. The van der Waals surface area contributed by atoms with Gasteiger partial charge in [0.15, 0.2) is 5.82 Å². The van der Waals surface area contributed by atoms with Crippen molar-refractivity contribution < 1.29 is 9.53 Å². The second-order valence-corrected chi connectivity index (χ2v) is 8.40. The number of halogens is 1. The first-order valence-corrected chi connectivity index (χ1v) is 11.5. The lowest BCUT2D eigenvalue weighted by Gasteiger charge is -2.09. The maximum atomic E-state index is 12.6. The molecule has 0 saturated carbocycles. The van der Waals surface area contributed by atoms with Gasteiger partial charge in [-0.3, -0.25) is 14.3 Å². The van der Waals surface area contributed by atoms with Crippen LogP contribution in [0.25, 0.3) is 0 Å². The predicted octanol–water partition coefficient (Wildman–Crippen LogP) is 3.06. The number of benzene rings is 2. The maximum absolute atomic E-state index is 12.6. The van der Waals surface area contributed by atoms with Crippen LogP contribution in [0.1, 0.15) is 27.0 Å². The number of ether oxygens (including phenoxy) is 1. The van der Waals surface area contributed by atoms with E-state index in [4.69, 9.17) is 27.3 Å². The molecule has 0 bridgehead atoms. The molecular weight excluding hydrogens is 480 g/mol. The summed E-state index contributed by atoms with van der Waals surface area (Å²) in [5, 5.41) is 16.6. The quantitative estimate of drug-likeness (QED) is 0.338. The Morgan fingerprint density at radius 1 is 1.11 bits per heavy atom. The van der Waals surface area contributed by atoms with Crippen LogP contribution < -0.4 is 21.3 Å². The van der Waals surface area contributed by atoms with Crippen LogP contribution in [0.15, 0.2) is 77.9 Å². The van der Waals surface area contributed by atoms with E-state index in [1.165, 1.54) is 6.07 Å². The lowest BCUT2D eigenvalue weighted by Crippen LogP contribution is -2.28. The van der Waals surface area contributed by atoms with E-state index in [2.05, 4.69) is 10.4 Å². The molecule has 1 amide bonds. The van der Waals surface area contributed by atoms with Gasteiger partial charge in [-0.1, -0.05) is 41.9 Å². The standard InChI is InChI=1S/C26H23ClN6O3/c27-21-9-8-20(14-28)23(13-21)36-12-10-30-26(35)22-17-33(31-25(22)29)16-19-6-4-18(5-7-19)15-32-11-2-1-3-24(32)34/h1-9,11,13,17H,10,12,15-16H2,(H2,29,31)(H,30,35). The third-order valence-corrected chi connectivity index (χ3v) is 5.60. The van der Waals surface area contributed by atoms with Crippen molar-refractivity contribution >= 4 is 23.3 Å². The number of carbonyl (C=O) groups excluding carboxylic acids is 1. The number of nitrogens with zero attached hydrogens (tertiary/aromatic N) is 4. The van der Waals surface area contributed by atoms with Gasteiger partial charge in [-0.15, -0.1) is 0 Å². The molecule has 3 N–H and O–H groups in total. The fourth-order valence-corrected chi connectivity index (χ4v) is 3.71. The van der Waals surface area contributed by atoms with Crippen LogP contribution in [0.3, 0.4) is 0 Å². The number of pyridine rings is 1. The van der Waals surface area contributed by atoms with Crippen LogP contribution in [-0.4, -0.2) is 33.4 Å². The fraction of sp³-hybridized carbons (Fsp3) is 0.154. The van der Waals surface area contributed by atoms with Gasteiger partial charge in [0.05, 0.1) is 25.2 Å². The normalized spacial score (nSPS) is 10.6. The van der Waals surface area contributed by atoms with Gasteiger partial charge in [0.25, 0.3) is 11.5 Å². The molecule has 2 heterocycles. The number of nitrogen functional groups attached to an aromatic ring is 1. The highest BCUT2D eigenvalue weighted by molar-refractivity contribution is 6.30. The minimum atomic E-state index is -0.377. The second kappa shape index (κ2) is 11.3. The average molecular weight is 503 g/mol. The predicted molar refractivity (Wildman–Crippen MR) is 136 cm³/mol. The lowest BCUT2D eigenvalue weighted by molar-refractivity contribution is 0.0947. The number of nitrogens with one attached hydrogen (secondary N) is 1. The van der Waals surface area contributed by atoms with Gasteiger partial charge in [0, 0.05) is 29.5 Å². The number of hydrogen-bond acceptors (Lipinski definition) is 6. The van der Waals surface area contributed by atoms with E-state index in [0.29, 0.717) is 29.4 Å². The number of hydrogen-bond donors (Lipinski definition) is 2. The summed E-state index contributed by atoms with van der Waals surface area (Å²) in [6.07, 6.45) is 3.34. The largest absolute Gasteiger partial charge is 0.490 e. The number of nitriles is 1. The molecule has 4 rings (SSSR count). The molecule has 0 aliphatic carbocycles. The number of aromatic nitrogens is 3. The summed E-state index contributed by atoms with van der Waals surface area (Å²) in [4.78, 5) is 24.5. The molecule has 36 heavy (non-hydrogen) atoms. The van der Waals surface area contributed by atoms with Crippen molar-refractivity contribution in [3.8, 4) is 11.8 Å².